The van der Waals surface area contributed by atoms with Crippen LogP contribution in [0.15, 0.2) is 0 Å². The van der Waals surface area contributed by atoms with Crippen LogP contribution in [0.5, 0.6) is 0 Å². The third-order valence-electron chi connectivity index (χ3n) is 3.88. The van der Waals surface area contributed by atoms with E-state index in [-0.39, 0.29) is 12.5 Å². The fraction of sp³-hybridized carbons (Fsp3) is 0.917. The Morgan fingerprint density at radius 1 is 1.28 bits per heavy atom. The zero-order valence-corrected chi connectivity index (χ0v) is 12.3. The molecular weight excluding hydrogens is 252 g/mol. The van der Waals surface area contributed by atoms with Gasteiger partial charge < -0.3 is 11.1 Å². The van der Waals surface area contributed by atoms with E-state index in [1.807, 2.05) is 0 Å². The van der Waals surface area contributed by atoms with Gasteiger partial charge in [-0.2, -0.15) is 0 Å². The Hall–Kier alpha value is -0.620. The first-order valence-corrected chi connectivity index (χ1v) is 8.24. The minimum Gasteiger partial charge on any atom is -0.353 e. The number of hydrogen-bond acceptors (Lipinski definition) is 4. The van der Waals surface area contributed by atoms with Crippen LogP contribution in [-0.2, 0) is 14.6 Å². The minimum atomic E-state index is -3.20. The molecule has 1 aliphatic rings. The van der Waals surface area contributed by atoms with Crippen molar-refractivity contribution in [3.05, 3.63) is 0 Å². The largest absolute Gasteiger partial charge is 0.353 e. The maximum Gasteiger partial charge on any atom is 0.240 e. The molecule has 0 saturated heterocycles. The molecule has 1 amide bonds. The van der Waals surface area contributed by atoms with Gasteiger partial charge in [-0.25, -0.2) is 8.42 Å². The van der Waals surface area contributed by atoms with Crippen LogP contribution in [0.2, 0.25) is 0 Å². The van der Waals surface area contributed by atoms with E-state index in [0.717, 1.165) is 19.3 Å². The van der Waals surface area contributed by atoms with Crippen molar-refractivity contribution < 1.29 is 13.2 Å². The van der Waals surface area contributed by atoms with E-state index in [0.29, 0.717) is 12.8 Å². The standard InChI is InChI=1S/C12H24N2O3S/c1-11(2,18(3,16)17)9-14-10(15)12(13)7-5-4-6-8-12/h4-9,13H2,1-3H3,(H,14,15). The van der Waals surface area contributed by atoms with Crippen molar-refractivity contribution in [2.45, 2.75) is 56.2 Å². The lowest BCUT2D eigenvalue weighted by atomic mass is 9.82. The first kappa shape index (κ1) is 15.4. The van der Waals surface area contributed by atoms with Gasteiger partial charge in [0.2, 0.25) is 5.91 Å². The molecule has 6 heteroatoms. The van der Waals surface area contributed by atoms with Gasteiger partial charge in [0, 0.05) is 12.8 Å². The lowest BCUT2D eigenvalue weighted by Crippen LogP contribution is -2.57. The van der Waals surface area contributed by atoms with Gasteiger partial charge in [0.15, 0.2) is 9.84 Å². The van der Waals surface area contributed by atoms with Gasteiger partial charge in [-0.05, 0) is 26.7 Å². The van der Waals surface area contributed by atoms with Crippen molar-refractivity contribution >= 4 is 15.7 Å². The second-order valence-electron chi connectivity index (χ2n) is 5.93. The fourth-order valence-electron chi connectivity index (χ4n) is 2.01. The highest BCUT2D eigenvalue weighted by atomic mass is 32.2. The van der Waals surface area contributed by atoms with E-state index in [4.69, 9.17) is 5.73 Å². The fourth-order valence-corrected chi connectivity index (χ4v) is 2.34. The molecule has 0 aliphatic heterocycles. The molecular formula is C12H24N2O3S. The summed E-state index contributed by atoms with van der Waals surface area (Å²) in [6.45, 7) is 3.31. The van der Waals surface area contributed by atoms with Crippen molar-refractivity contribution in [1.82, 2.24) is 5.32 Å². The summed E-state index contributed by atoms with van der Waals surface area (Å²) in [6, 6.07) is 0. The number of hydrogen-bond donors (Lipinski definition) is 2. The lowest BCUT2D eigenvalue weighted by molar-refractivity contribution is -0.127. The second kappa shape index (κ2) is 5.17. The summed E-state index contributed by atoms with van der Waals surface area (Å²) in [7, 11) is -3.20. The van der Waals surface area contributed by atoms with Crippen molar-refractivity contribution in [3.8, 4) is 0 Å². The highest BCUT2D eigenvalue weighted by Crippen LogP contribution is 2.26. The van der Waals surface area contributed by atoms with Crippen LogP contribution < -0.4 is 11.1 Å². The first-order valence-electron chi connectivity index (χ1n) is 6.35. The number of carbonyl (C=O) groups is 1. The van der Waals surface area contributed by atoms with Crippen LogP contribution >= 0.6 is 0 Å². The molecule has 18 heavy (non-hydrogen) atoms. The van der Waals surface area contributed by atoms with Crippen LogP contribution in [0, 0.1) is 0 Å². The summed E-state index contributed by atoms with van der Waals surface area (Å²) >= 11 is 0. The van der Waals surface area contributed by atoms with E-state index in [2.05, 4.69) is 5.32 Å². The average Bonchev–Trinajstić information content (AvgIpc) is 2.25. The van der Waals surface area contributed by atoms with Gasteiger partial charge in [-0.3, -0.25) is 4.79 Å². The first-order chi connectivity index (χ1) is 8.08. The molecule has 0 spiro atoms. The smallest absolute Gasteiger partial charge is 0.240 e. The van der Waals surface area contributed by atoms with Gasteiger partial charge in [0.05, 0.1) is 10.3 Å². The van der Waals surface area contributed by atoms with E-state index >= 15 is 0 Å². The van der Waals surface area contributed by atoms with Crippen molar-refractivity contribution in [3.63, 3.8) is 0 Å². The highest BCUT2D eigenvalue weighted by Gasteiger charge is 2.37. The van der Waals surface area contributed by atoms with Gasteiger partial charge in [-0.1, -0.05) is 19.3 Å². The quantitative estimate of drug-likeness (QED) is 0.786. The van der Waals surface area contributed by atoms with Crippen molar-refractivity contribution in [2.24, 2.45) is 5.73 Å². The minimum absolute atomic E-state index is 0.101. The molecule has 3 N–H and O–H groups in total. The molecule has 0 heterocycles. The van der Waals surface area contributed by atoms with Crippen LogP contribution in [0.4, 0.5) is 0 Å². The molecule has 0 aromatic heterocycles. The molecule has 0 aromatic rings. The number of rotatable bonds is 4. The number of nitrogens with two attached hydrogens (primary N) is 1. The third-order valence-corrected chi connectivity index (χ3v) is 6.03. The Labute approximate surface area is 109 Å². The zero-order valence-electron chi connectivity index (χ0n) is 11.5. The monoisotopic (exact) mass is 276 g/mol. The summed E-state index contributed by atoms with van der Waals surface area (Å²) in [5.74, 6) is -0.223. The van der Waals surface area contributed by atoms with E-state index in [9.17, 15) is 13.2 Å². The summed E-state index contributed by atoms with van der Waals surface area (Å²) in [4.78, 5) is 12.1. The molecule has 1 saturated carbocycles. The van der Waals surface area contributed by atoms with Gasteiger partial charge >= 0.3 is 0 Å². The highest BCUT2D eigenvalue weighted by molar-refractivity contribution is 7.92. The molecule has 0 atom stereocenters. The molecule has 0 radical (unpaired) electrons. The number of amides is 1. The topological polar surface area (TPSA) is 89.3 Å². The Bertz CT molecular complexity index is 409. The van der Waals surface area contributed by atoms with Crippen LogP contribution in [0.25, 0.3) is 0 Å². The average molecular weight is 276 g/mol. The summed E-state index contributed by atoms with van der Waals surface area (Å²) in [5, 5.41) is 2.70. The number of carbonyl (C=O) groups excluding carboxylic acids is 1. The Balaban J connectivity index is 2.61. The lowest BCUT2D eigenvalue weighted by Gasteiger charge is -2.33. The molecule has 5 nitrogen and oxygen atoms in total. The molecule has 1 rings (SSSR count). The van der Waals surface area contributed by atoms with E-state index in [1.165, 1.54) is 6.26 Å². The Morgan fingerprint density at radius 3 is 2.22 bits per heavy atom. The molecule has 0 aromatic carbocycles. The number of sulfone groups is 1. The molecule has 0 bridgehead atoms. The molecule has 0 unspecified atom stereocenters. The second-order valence-corrected chi connectivity index (χ2v) is 8.58. The van der Waals surface area contributed by atoms with Crippen molar-refractivity contribution in [2.75, 3.05) is 12.8 Å². The van der Waals surface area contributed by atoms with Crippen LogP contribution in [0.3, 0.4) is 0 Å². The van der Waals surface area contributed by atoms with Gasteiger partial charge in [0.25, 0.3) is 0 Å². The predicted octanol–water partition coefficient (Wildman–Crippen LogP) is 0.587. The van der Waals surface area contributed by atoms with Crippen LogP contribution in [0.1, 0.15) is 46.0 Å². The molecule has 1 fully saturated rings. The SMILES string of the molecule is CC(C)(CNC(=O)C1(N)CCCCC1)S(C)(=O)=O. The predicted molar refractivity (Wildman–Crippen MR) is 71.9 cm³/mol. The normalized spacial score (nSPS) is 20.4. The third kappa shape index (κ3) is 3.45. The van der Waals surface area contributed by atoms with E-state index in [1.54, 1.807) is 13.8 Å². The molecule has 1 aliphatic carbocycles. The van der Waals surface area contributed by atoms with Gasteiger partial charge in [-0.15, -0.1) is 0 Å². The van der Waals surface area contributed by atoms with Crippen LogP contribution in [-0.4, -0.2) is 37.4 Å². The number of nitrogens with one attached hydrogen (secondary N) is 1. The maximum absolute atomic E-state index is 12.1. The summed E-state index contributed by atoms with van der Waals surface area (Å²) < 4.78 is 22.1. The Kier molecular flexibility index (Phi) is 4.43. The maximum atomic E-state index is 12.1. The summed E-state index contributed by atoms with van der Waals surface area (Å²) in [5.41, 5.74) is 5.27. The summed E-state index contributed by atoms with van der Waals surface area (Å²) in [6.07, 6.45) is 5.56. The zero-order chi connectivity index (χ0) is 14.0. The van der Waals surface area contributed by atoms with E-state index < -0.39 is 20.1 Å². The van der Waals surface area contributed by atoms with Gasteiger partial charge in [0.1, 0.15) is 0 Å². The molecule has 106 valence electrons. The van der Waals surface area contributed by atoms with Crippen molar-refractivity contribution in [1.29, 1.82) is 0 Å². The Morgan fingerprint density at radius 2 is 1.78 bits per heavy atom.